The second-order valence-corrected chi connectivity index (χ2v) is 4.95. The summed E-state index contributed by atoms with van der Waals surface area (Å²) >= 11 is 0. The molecule has 1 aliphatic heterocycles. The van der Waals surface area contributed by atoms with E-state index in [9.17, 15) is 9.90 Å². The molecular weight excluding hydrogens is 214 g/mol. The molecule has 1 saturated carbocycles. The highest BCUT2D eigenvalue weighted by Gasteiger charge is 2.34. The topological polar surface area (TPSA) is 40.5 Å². The van der Waals surface area contributed by atoms with Gasteiger partial charge < -0.3 is 10.0 Å². The Balaban J connectivity index is 1.97. The van der Waals surface area contributed by atoms with Crippen LogP contribution in [0.2, 0.25) is 0 Å². The Kier molecular flexibility index (Phi) is 2.63. The number of para-hydroxylation sites is 1. The lowest BCUT2D eigenvalue weighted by Crippen LogP contribution is -2.44. The predicted molar refractivity (Wildman–Crippen MR) is 66.4 cm³/mol. The Bertz CT molecular complexity index is 444. The van der Waals surface area contributed by atoms with Crippen molar-refractivity contribution in [1.29, 1.82) is 0 Å². The lowest BCUT2D eigenvalue weighted by atomic mass is 9.98. The number of carbonyl (C=O) groups excluding carboxylic acids is 1. The van der Waals surface area contributed by atoms with Crippen molar-refractivity contribution in [3.63, 3.8) is 0 Å². The first-order valence-corrected chi connectivity index (χ1v) is 6.34. The molecule has 90 valence electrons. The number of fused-ring (bicyclic) bond motifs is 1. The van der Waals surface area contributed by atoms with E-state index < -0.39 is 0 Å². The number of nitrogens with zero attached hydrogens (tertiary/aromatic N) is 1. The van der Waals surface area contributed by atoms with Crippen molar-refractivity contribution in [2.45, 2.75) is 37.8 Å². The number of hydrogen-bond acceptors (Lipinski definition) is 3. The molecule has 1 N–H and O–H groups in total. The molecule has 1 heterocycles. The molecule has 2 aliphatic rings. The average molecular weight is 231 g/mol. The van der Waals surface area contributed by atoms with Gasteiger partial charge in [-0.05, 0) is 31.4 Å². The normalized spacial score (nSPS) is 28.3. The quantitative estimate of drug-likeness (QED) is 0.803. The SMILES string of the molecule is O=C1CCN(C2CCCC2O)c2ccccc21. The van der Waals surface area contributed by atoms with E-state index in [0.29, 0.717) is 6.42 Å². The lowest BCUT2D eigenvalue weighted by molar-refractivity contribution is 0.0973. The first-order chi connectivity index (χ1) is 8.27. The van der Waals surface area contributed by atoms with Gasteiger partial charge in [0.15, 0.2) is 5.78 Å². The number of anilines is 1. The van der Waals surface area contributed by atoms with Crippen LogP contribution in [-0.4, -0.2) is 29.6 Å². The highest BCUT2D eigenvalue weighted by Crippen LogP contribution is 2.34. The van der Waals surface area contributed by atoms with E-state index in [2.05, 4.69) is 4.90 Å². The number of ketones is 1. The van der Waals surface area contributed by atoms with Crippen molar-refractivity contribution >= 4 is 11.5 Å². The first-order valence-electron chi connectivity index (χ1n) is 6.34. The van der Waals surface area contributed by atoms with Crippen molar-refractivity contribution in [3.8, 4) is 0 Å². The fraction of sp³-hybridized carbons (Fsp3) is 0.500. The van der Waals surface area contributed by atoms with Gasteiger partial charge >= 0.3 is 0 Å². The third kappa shape index (κ3) is 1.75. The summed E-state index contributed by atoms with van der Waals surface area (Å²) in [5.41, 5.74) is 1.83. The Morgan fingerprint density at radius 3 is 2.82 bits per heavy atom. The van der Waals surface area contributed by atoms with Gasteiger partial charge in [-0.3, -0.25) is 4.79 Å². The summed E-state index contributed by atoms with van der Waals surface area (Å²) in [6.45, 7) is 0.748. The number of hydrogen-bond donors (Lipinski definition) is 1. The van der Waals surface area contributed by atoms with Gasteiger partial charge in [0.2, 0.25) is 0 Å². The monoisotopic (exact) mass is 231 g/mol. The standard InChI is InChI=1S/C14H17NO2/c16-13-8-9-15(12-6-3-7-14(12)17)11-5-2-1-4-10(11)13/h1-2,4-5,12,14,17H,3,6-9H2. The molecule has 0 spiro atoms. The van der Waals surface area contributed by atoms with Crippen LogP contribution in [0.4, 0.5) is 5.69 Å². The van der Waals surface area contributed by atoms with Crippen LogP contribution in [0, 0.1) is 0 Å². The van der Waals surface area contributed by atoms with Crippen LogP contribution in [0.3, 0.4) is 0 Å². The minimum Gasteiger partial charge on any atom is -0.391 e. The van der Waals surface area contributed by atoms with E-state index in [4.69, 9.17) is 0 Å². The van der Waals surface area contributed by atoms with Gasteiger partial charge in [0, 0.05) is 24.2 Å². The molecule has 2 unspecified atom stereocenters. The summed E-state index contributed by atoms with van der Waals surface area (Å²) in [4.78, 5) is 14.1. The molecule has 17 heavy (non-hydrogen) atoms. The maximum atomic E-state index is 11.8. The molecule has 1 aromatic rings. The average Bonchev–Trinajstić information content (AvgIpc) is 2.77. The zero-order chi connectivity index (χ0) is 11.8. The molecule has 3 heteroatoms. The maximum absolute atomic E-state index is 11.8. The zero-order valence-electron chi connectivity index (χ0n) is 9.80. The number of Topliss-reactive ketones (excluding diaryl/α,β-unsaturated/α-hetero) is 1. The van der Waals surface area contributed by atoms with Gasteiger partial charge in [-0.2, -0.15) is 0 Å². The van der Waals surface area contributed by atoms with Crippen molar-refractivity contribution < 1.29 is 9.90 Å². The van der Waals surface area contributed by atoms with Gasteiger partial charge in [0.1, 0.15) is 0 Å². The van der Waals surface area contributed by atoms with Gasteiger partial charge in [-0.25, -0.2) is 0 Å². The van der Waals surface area contributed by atoms with Crippen LogP contribution in [0.1, 0.15) is 36.0 Å². The van der Waals surface area contributed by atoms with Crippen molar-refractivity contribution in [2.75, 3.05) is 11.4 Å². The number of benzene rings is 1. The molecule has 0 aromatic heterocycles. The third-order valence-electron chi connectivity index (χ3n) is 3.94. The first kappa shape index (κ1) is 10.8. The fourth-order valence-corrected chi connectivity index (χ4v) is 3.07. The van der Waals surface area contributed by atoms with E-state index in [1.54, 1.807) is 0 Å². The molecular formula is C14H17NO2. The smallest absolute Gasteiger partial charge is 0.166 e. The van der Waals surface area contributed by atoms with Crippen LogP contribution < -0.4 is 4.90 Å². The number of aliphatic hydroxyl groups excluding tert-OH is 1. The number of carbonyl (C=O) groups is 1. The van der Waals surface area contributed by atoms with E-state index in [1.165, 1.54) is 0 Å². The van der Waals surface area contributed by atoms with Crippen LogP contribution in [0.5, 0.6) is 0 Å². The van der Waals surface area contributed by atoms with Gasteiger partial charge in [0.05, 0.1) is 12.1 Å². The second-order valence-electron chi connectivity index (χ2n) is 4.95. The van der Waals surface area contributed by atoms with Crippen LogP contribution in [0.15, 0.2) is 24.3 Å². The molecule has 1 fully saturated rings. The summed E-state index contributed by atoms with van der Waals surface area (Å²) in [7, 11) is 0. The Morgan fingerprint density at radius 1 is 1.24 bits per heavy atom. The van der Waals surface area contributed by atoms with E-state index in [0.717, 1.165) is 37.1 Å². The molecule has 1 aromatic carbocycles. The molecule has 2 atom stereocenters. The molecule has 0 bridgehead atoms. The Hall–Kier alpha value is -1.35. The number of rotatable bonds is 1. The Labute approximate surface area is 101 Å². The van der Waals surface area contributed by atoms with Gasteiger partial charge in [-0.1, -0.05) is 12.1 Å². The van der Waals surface area contributed by atoms with Crippen LogP contribution in [-0.2, 0) is 0 Å². The van der Waals surface area contributed by atoms with Crippen LogP contribution in [0.25, 0.3) is 0 Å². The molecule has 3 rings (SSSR count). The summed E-state index contributed by atoms with van der Waals surface area (Å²) in [6, 6.07) is 7.96. The minimum absolute atomic E-state index is 0.198. The summed E-state index contributed by atoms with van der Waals surface area (Å²) < 4.78 is 0. The predicted octanol–water partition coefficient (Wildman–Crippen LogP) is 1.99. The third-order valence-corrected chi connectivity index (χ3v) is 3.94. The Morgan fingerprint density at radius 2 is 2.06 bits per heavy atom. The van der Waals surface area contributed by atoms with Crippen LogP contribution >= 0.6 is 0 Å². The lowest BCUT2D eigenvalue weighted by Gasteiger charge is -2.37. The summed E-state index contributed by atoms with van der Waals surface area (Å²) in [6.07, 6.45) is 3.33. The van der Waals surface area contributed by atoms with E-state index in [1.807, 2.05) is 24.3 Å². The fourth-order valence-electron chi connectivity index (χ4n) is 3.07. The van der Waals surface area contributed by atoms with Crippen molar-refractivity contribution in [1.82, 2.24) is 0 Å². The largest absolute Gasteiger partial charge is 0.391 e. The highest BCUT2D eigenvalue weighted by atomic mass is 16.3. The maximum Gasteiger partial charge on any atom is 0.166 e. The number of aliphatic hydroxyl groups is 1. The molecule has 1 aliphatic carbocycles. The molecule has 0 saturated heterocycles. The van der Waals surface area contributed by atoms with E-state index >= 15 is 0 Å². The molecule has 0 radical (unpaired) electrons. The highest BCUT2D eigenvalue weighted by molar-refractivity contribution is 6.03. The molecule has 3 nitrogen and oxygen atoms in total. The minimum atomic E-state index is -0.240. The van der Waals surface area contributed by atoms with Gasteiger partial charge in [-0.15, -0.1) is 0 Å². The van der Waals surface area contributed by atoms with Gasteiger partial charge in [0.25, 0.3) is 0 Å². The summed E-state index contributed by atoms with van der Waals surface area (Å²) in [5.74, 6) is 0.226. The van der Waals surface area contributed by atoms with Crippen molar-refractivity contribution in [2.24, 2.45) is 0 Å². The second kappa shape index (κ2) is 4.15. The van der Waals surface area contributed by atoms with E-state index in [-0.39, 0.29) is 17.9 Å². The summed E-state index contributed by atoms with van der Waals surface area (Å²) in [5, 5.41) is 10.0. The molecule has 0 amide bonds. The van der Waals surface area contributed by atoms with Crippen molar-refractivity contribution in [3.05, 3.63) is 29.8 Å². The zero-order valence-corrected chi connectivity index (χ0v) is 9.80.